The number of carbonyl (C=O) groups excluding carboxylic acids is 1. The maximum Gasteiger partial charge on any atom is 0.285 e. The number of piperidine rings is 1. The zero-order valence-corrected chi connectivity index (χ0v) is 12.1. The second kappa shape index (κ2) is 7.75. The van der Waals surface area contributed by atoms with Gasteiger partial charge in [-0.05, 0) is 19.4 Å². The third-order valence-corrected chi connectivity index (χ3v) is 3.15. The van der Waals surface area contributed by atoms with Crippen molar-refractivity contribution in [2.24, 2.45) is 0 Å². The Labute approximate surface area is 127 Å². The molecule has 0 spiro atoms. The molecule has 1 amide bonds. The first kappa shape index (κ1) is 17.1. The van der Waals surface area contributed by atoms with E-state index < -0.39 is 10.5 Å². The first-order chi connectivity index (χ1) is 9.56. The molecule has 0 aromatic carbocycles. The Morgan fingerprint density at radius 3 is 2.90 bits per heavy atom. The molecule has 1 aliphatic rings. The molecule has 0 bridgehead atoms. The van der Waals surface area contributed by atoms with Crippen molar-refractivity contribution in [1.82, 2.24) is 15.2 Å². The van der Waals surface area contributed by atoms with Crippen molar-refractivity contribution in [2.45, 2.75) is 25.4 Å². The molecule has 1 atom stereocenters. The molecule has 0 saturated carbocycles. The Kier molecular flexibility index (Phi) is 6.32. The fourth-order valence-corrected chi connectivity index (χ4v) is 2.15. The van der Waals surface area contributed by atoms with Crippen molar-refractivity contribution in [1.29, 1.82) is 0 Å². The van der Waals surface area contributed by atoms with Gasteiger partial charge in [0.05, 0.1) is 11.1 Å². The van der Waals surface area contributed by atoms with Crippen molar-refractivity contribution < 1.29 is 9.72 Å². The molecule has 2 rings (SSSR count). The highest BCUT2D eigenvalue weighted by Gasteiger charge is 2.16. The molecule has 1 aliphatic heterocycles. The molecule has 2 N–H and O–H groups in total. The van der Waals surface area contributed by atoms with E-state index in [1.807, 2.05) is 0 Å². The second-order valence-electron chi connectivity index (χ2n) is 4.72. The Hall–Kier alpha value is -1.93. The number of hydrogen-bond acceptors (Lipinski definition) is 5. The van der Waals surface area contributed by atoms with E-state index in [0.29, 0.717) is 6.54 Å². The van der Waals surface area contributed by atoms with E-state index >= 15 is 0 Å². The lowest BCUT2D eigenvalue weighted by molar-refractivity contribution is -0.385. The minimum Gasteiger partial charge on any atom is -0.351 e. The summed E-state index contributed by atoms with van der Waals surface area (Å²) in [6.45, 7) is 1.43. The minimum absolute atomic E-state index is 0. The van der Waals surface area contributed by atoms with E-state index in [9.17, 15) is 19.7 Å². The SMILES string of the molecule is Cl.O=C(Cn1cc([N+](=O)[O-])ccc1=O)NC1CCCNC1. The fourth-order valence-electron chi connectivity index (χ4n) is 2.15. The number of rotatable bonds is 4. The van der Waals surface area contributed by atoms with E-state index in [2.05, 4.69) is 10.6 Å². The van der Waals surface area contributed by atoms with E-state index in [-0.39, 0.29) is 36.6 Å². The molecule has 0 radical (unpaired) electrons. The fraction of sp³-hybridized carbons (Fsp3) is 0.500. The van der Waals surface area contributed by atoms with Gasteiger partial charge in [0.1, 0.15) is 6.54 Å². The van der Waals surface area contributed by atoms with Crippen LogP contribution in [0.4, 0.5) is 5.69 Å². The first-order valence-corrected chi connectivity index (χ1v) is 6.41. The number of aromatic nitrogens is 1. The number of nitrogens with one attached hydrogen (secondary N) is 2. The maximum absolute atomic E-state index is 11.8. The molecule has 1 saturated heterocycles. The number of halogens is 1. The Bertz CT molecular complexity index is 569. The predicted octanol–water partition coefficient (Wildman–Crippen LogP) is 0.0465. The summed E-state index contributed by atoms with van der Waals surface area (Å²) in [5.41, 5.74) is -0.649. The van der Waals surface area contributed by atoms with Crippen LogP contribution in [0.3, 0.4) is 0 Å². The summed E-state index contributed by atoms with van der Waals surface area (Å²) >= 11 is 0. The normalized spacial score (nSPS) is 17.6. The van der Waals surface area contributed by atoms with Gasteiger partial charge in [0.15, 0.2) is 0 Å². The van der Waals surface area contributed by atoms with Crippen molar-refractivity contribution >= 4 is 24.0 Å². The number of amides is 1. The number of nitro groups is 1. The number of pyridine rings is 1. The van der Waals surface area contributed by atoms with Gasteiger partial charge in [-0.2, -0.15) is 0 Å². The number of hydrogen-bond donors (Lipinski definition) is 2. The summed E-state index contributed by atoms with van der Waals surface area (Å²) < 4.78 is 1.05. The van der Waals surface area contributed by atoms with Gasteiger partial charge in [-0.25, -0.2) is 0 Å². The van der Waals surface area contributed by atoms with E-state index in [1.54, 1.807) is 0 Å². The molecule has 2 heterocycles. The third-order valence-electron chi connectivity index (χ3n) is 3.15. The van der Waals surface area contributed by atoms with Crippen LogP contribution in [0, 0.1) is 10.1 Å². The molecular weight excluding hydrogens is 300 g/mol. The van der Waals surface area contributed by atoms with Gasteiger partial charge in [-0.15, -0.1) is 12.4 Å². The van der Waals surface area contributed by atoms with E-state index in [1.165, 1.54) is 0 Å². The summed E-state index contributed by atoms with van der Waals surface area (Å²) in [7, 11) is 0. The molecule has 0 aliphatic carbocycles. The third kappa shape index (κ3) is 4.83. The van der Waals surface area contributed by atoms with Crippen molar-refractivity contribution in [3.63, 3.8) is 0 Å². The van der Waals surface area contributed by atoms with Crippen LogP contribution >= 0.6 is 12.4 Å². The van der Waals surface area contributed by atoms with Crippen LogP contribution in [0.25, 0.3) is 0 Å². The standard InChI is InChI=1S/C12H16N4O4.ClH/c17-11(14-9-2-1-5-13-6-9)8-15-7-10(16(19)20)3-4-12(15)18;/h3-4,7,9,13H,1-2,5-6,8H2,(H,14,17);1H. The van der Waals surface area contributed by atoms with Gasteiger partial charge in [0.25, 0.3) is 11.2 Å². The summed E-state index contributed by atoms with van der Waals surface area (Å²) in [5, 5.41) is 16.6. The molecular formula is C12H17ClN4O4. The lowest BCUT2D eigenvalue weighted by atomic mass is 10.1. The Balaban J connectivity index is 0.00000220. The van der Waals surface area contributed by atoms with Gasteiger partial charge in [0, 0.05) is 24.7 Å². The smallest absolute Gasteiger partial charge is 0.285 e. The number of nitrogens with zero attached hydrogens (tertiary/aromatic N) is 2. The number of carbonyl (C=O) groups is 1. The van der Waals surface area contributed by atoms with Crippen LogP contribution in [0.15, 0.2) is 23.1 Å². The largest absolute Gasteiger partial charge is 0.351 e. The average Bonchev–Trinajstić information content (AvgIpc) is 2.42. The summed E-state index contributed by atoms with van der Waals surface area (Å²) in [4.78, 5) is 33.5. The van der Waals surface area contributed by atoms with Crippen LogP contribution in [0.1, 0.15) is 12.8 Å². The van der Waals surface area contributed by atoms with Crippen LogP contribution in [-0.4, -0.2) is 34.5 Å². The molecule has 116 valence electrons. The zero-order chi connectivity index (χ0) is 14.5. The van der Waals surface area contributed by atoms with Crippen molar-refractivity contribution in [3.05, 3.63) is 38.8 Å². The molecule has 1 aromatic rings. The van der Waals surface area contributed by atoms with E-state index in [4.69, 9.17) is 0 Å². The van der Waals surface area contributed by atoms with Gasteiger partial charge < -0.3 is 10.6 Å². The van der Waals surface area contributed by atoms with Gasteiger partial charge >= 0.3 is 0 Å². The topological polar surface area (TPSA) is 106 Å². The quantitative estimate of drug-likeness (QED) is 0.603. The van der Waals surface area contributed by atoms with Crippen molar-refractivity contribution in [3.8, 4) is 0 Å². The minimum atomic E-state index is -0.598. The first-order valence-electron chi connectivity index (χ1n) is 6.41. The predicted molar refractivity (Wildman–Crippen MR) is 78.6 cm³/mol. The van der Waals surface area contributed by atoms with Gasteiger partial charge in [-0.3, -0.25) is 24.3 Å². The van der Waals surface area contributed by atoms with Gasteiger partial charge in [0.2, 0.25) is 5.91 Å². The van der Waals surface area contributed by atoms with E-state index in [0.717, 1.165) is 42.3 Å². The maximum atomic E-state index is 11.8. The summed E-state index contributed by atoms with van der Waals surface area (Å²) in [6, 6.07) is 2.26. The van der Waals surface area contributed by atoms with Crippen LogP contribution in [-0.2, 0) is 11.3 Å². The molecule has 1 aromatic heterocycles. The Morgan fingerprint density at radius 1 is 1.52 bits per heavy atom. The van der Waals surface area contributed by atoms with Crippen LogP contribution in [0.5, 0.6) is 0 Å². The van der Waals surface area contributed by atoms with Gasteiger partial charge in [-0.1, -0.05) is 0 Å². The molecule has 21 heavy (non-hydrogen) atoms. The van der Waals surface area contributed by atoms with Crippen molar-refractivity contribution in [2.75, 3.05) is 13.1 Å². The molecule has 8 nitrogen and oxygen atoms in total. The highest BCUT2D eigenvalue weighted by atomic mass is 35.5. The molecule has 1 fully saturated rings. The summed E-state index contributed by atoms with van der Waals surface area (Å²) in [6.07, 6.45) is 2.96. The zero-order valence-electron chi connectivity index (χ0n) is 11.3. The lowest BCUT2D eigenvalue weighted by Gasteiger charge is -2.23. The summed E-state index contributed by atoms with van der Waals surface area (Å²) in [5.74, 6) is -0.318. The Morgan fingerprint density at radius 2 is 2.29 bits per heavy atom. The molecule has 9 heteroatoms. The van der Waals surface area contributed by atoms with Crippen LogP contribution in [0.2, 0.25) is 0 Å². The average molecular weight is 317 g/mol. The molecule has 1 unspecified atom stereocenters. The highest BCUT2D eigenvalue weighted by molar-refractivity contribution is 5.85. The lowest BCUT2D eigenvalue weighted by Crippen LogP contribution is -2.47. The second-order valence-corrected chi connectivity index (χ2v) is 4.72. The highest BCUT2D eigenvalue weighted by Crippen LogP contribution is 2.06. The monoisotopic (exact) mass is 316 g/mol. The van der Waals surface area contributed by atoms with Crippen LogP contribution < -0.4 is 16.2 Å².